The molecule has 11 heteroatoms. The van der Waals surface area contributed by atoms with Crippen LogP contribution >= 0.6 is 0 Å². The van der Waals surface area contributed by atoms with Gasteiger partial charge in [0, 0.05) is 12.2 Å². The Labute approximate surface area is 222 Å². The first kappa shape index (κ1) is 29.1. The molecule has 2 aromatic rings. The minimum Gasteiger partial charge on any atom is -0.493 e. The van der Waals surface area contributed by atoms with E-state index >= 15 is 4.39 Å². The Kier molecular flexibility index (Phi) is 9.14. The number of hydrogen-bond donors (Lipinski definition) is 1. The second kappa shape index (κ2) is 11.9. The lowest BCUT2D eigenvalue weighted by molar-refractivity contribution is -0.116. The van der Waals surface area contributed by atoms with Gasteiger partial charge in [0.15, 0.2) is 21.3 Å². The molecule has 38 heavy (non-hydrogen) atoms. The van der Waals surface area contributed by atoms with Gasteiger partial charge in [0.1, 0.15) is 5.82 Å². The van der Waals surface area contributed by atoms with Crippen LogP contribution in [0.1, 0.15) is 78.4 Å². The lowest BCUT2D eigenvalue weighted by Gasteiger charge is -2.27. The number of anilines is 1. The summed E-state index contributed by atoms with van der Waals surface area (Å²) in [7, 11) is -2.27. The van der Waals surface area contributed by atoms with Crippen LogP contribution in [0.25, 0.3) is 0 Å². The van der Waals surface area contributed by atoms with Gasteiger partial charge in [-0.25, -0.2) is 12.8 Å². The maximum absolute atomic E-state index is 15.5. The molecule has 0 fully saturated rings. The molecule has 0 radical (unpaired) electrons. The Morgan fingerprint density at radius 3 is 2.32 bits per heavy atom. The number of halogens is 1. The van der Waals surface area contributed by atoms with E-state index in [1.165, 1.54) is 26.2 Å². The van der Waals surface area contributed by atoms with Crippen LogP contribution in [0.5, 0.6) is 11.5 Å². The molecule has 1 aliphatic rings. The van der Waals surface area contributed by atoms with Crippen LogP contribution in [0.15, 0.2) is 24.3 Å². The third-order valence-corrected chi connectivity index (χ3v) is 8.08. The molecule has 1 aliphatic heterocycles. The van der Waals surface area contributed by atoms with Crippen LogP contribution in [0.4, 0.5) is 10.1 Å². The number of sulfone groups is 1. The van der Waals surface area contributed by atoms with Gasteiger partial charge >= 0.3 is 0 Å². The summed E-state index contributed by atoms with van der Waals surface area (Å²) in [6, 6.07) is 4.68. The molecule has 0 unspecified atom stereocenters. The van der Waals surface area contributed by atoms with Crippen LogP contribution in [0.3, 0.4) is 0 Å². The number of hydrogen-bond acceptors (Lipinski definition) is 7. The summed E-state index contributed by atoms with van der Waals surface area (Å²) >= 11 is 0. The van der Waals surface area contributed by atoms with E-state index in [-0.39, 0.29) is 47.9 Å². The molecule has 2 aromatic carbocycles. The SMILES string of the molecule is CCCC(=O)Nc1cc(CC)c(F)c2c1C(=O)N([C@H](CS(=O)(=O)CC)c1ccc(OC)c(OCC)c1)C2=O. The molecule has 0 saturated carbocycles. The van der Waals surface area contributed by atoms with Gasteiger partial charge in [-0.15, -0.1) is 0 Å². The Hall–Kier alpha value is -3.47. The summed E-state index contributed by atoms with van der Waals surface area (Å²) in [5.74, 6) is -3.22. The summed E-state index contributed by atoms with van der Waals surface area (Å²) in [6.45, 7) is 7.01. The molecule has 1 N–H and O–H groups in total. The first-order chi connectivity index (χ1) is 18.0. The van der Waals surface area contributed by atoms with Gasteiger partial charge in [-0.05, 0) is 49.1 Å². The fourth-order valence-corrected chi connectivity index (χ4v) is 5.45. The normalized spacial score (nSPS) is 13.9. The minimum atomic E-state index is -3.72. The molecule has 1 heterocycles. The van der Waals surface area contributed by atoms with Crippen molar-refractivity contribution in [2.75, 3.05) is 30.5 Å². The number of imide groups is 1. The highest BCUT2D eigenvalue weighted by molar-refractivity contribution is 7.91. The van der Waals surface area contributed by atoms with E-state index in [1.807, 2.05) is 6.92 Å². The molecule has 1 atom stereocenters. The van der Waals surface area contributed by atoms with Crippen molar-refractivity contribution in [3.63, 3.8) is 0 Å². The zero-order valence-corrected chi connectivity index (χ0v) is 23.0. The van der Waals surface area contributed by atoms with E-state index in [9.17, 15) is 22.8 Å². The Bertz CT molecular complexity index is 1360. The summed E-state index contributed by atoms with van der Waals surface area (Å²) < 4.78 is 52.0. The van der Waals surface area contributed by atoms with E-state index < -0.39 is 44.8 Å². The van der Waals surface area contributed by atoms with Crippen molar-refractivity contribution in [2.45, 2.75) is 53.0 Å². The largest absolute Gasteiger partial charge is 0.493 e. The highest BCUT2D eigenvalue weighted by atomic mass is 32.2. The molecule has 0 aliphatic carbocycles. The van der Waals surface area contributed by atoms with E-state index in [0.29, 0.717) is 23.5 Å². The fourth-order valence-electron chi connectivity index (χ4n) is 4.40. The zero-order chi connectivity index (χ0) is 28.2. The zero-order valence-electron chi connectivity index (χ0n) is 22.2. The highest BCUT2D eigenvalue weighted by Gasteiger charge is 2.46. The Balaban J connectivity index is 2.21. The van der Waals surface area contributed by atoms with Crippen LogP contribution in [0, 0.1) is 5.82 Å². The Morgan fingerprint density at radius 1 is 1.05 bits per heavy atom. The maximum atomic E-state index is 15.5. The number of carbonyl (C=O) groups is 3. The van der Waals surface area contributed by atoms with E-state index in [0.717, 1.165) is 4.90 Å². The number of fused-ring (bicyclic) bond motifs is 1. The second-order valence-electron chi connectivity index (χ2n) is 8.84. The van der Waals surface area contributed by atoms with Gasteiger partial charge in [0.05, 0.1) is 42.3 Å². The van der Waals surface area contributed by atoms with Gasteiger partial charge in [0.25, 0.3) is 11.8 Å². The van der Waals surface area contributed by atoms with E-state index in [1.54, 1.807) is 26.0 Å². The molecule has 0 saturated heterocycles. The van der Waals surface area contributed by atoms with E-state index in [2.05, 4.69) is 5.32 Å². The topological polar surface area (TPSA) is 119 Å². The number of aryl methyl sites for hydroxylation is 1. The minimum absolute atomic E-state index is 0.0272. The van der Waals surface area contributed by atoms with Crippen molar-refractivity contribution >= 4 is 33.2 Å². The lowest BCUT2D eigenvalue weighted by Crippen LogP contribution is -2.38. The van der Waals surface area contributed by atoms with Gasteiger partial charge < -0.3 is 14.8 Å². The number of ether oxygens (including phenoxy) is 2. The number of benzene rings is 2. The third-order valence-electron chi connectivity index (χ3n) is 6.37. The second-order valence-corrected chi connectivity index (χ2v) is 11.2. The first-order valence-corrected chi connectivity index (χ1v) is 14.4. The van der Waals surface area contributed by atoms with Crippen molar-refractivity contribution in [3.8, 4) is 11.5 Å². The Morgan fingerprint density at radius 2 is 1.74 bits per heavy atom. The number of methoxy groups -OCH3 is 1. The summed E-state index contributed by atoms with van der Waals surface area (Å²) in [5, 5.41) is 2.64. The smallest absolute Gasteiger partial charge is 0.265 e. The predicted molar refractivity (Wildman–Crippen MR) is 141 cm³/mol. The van der Waals surface area contributed by atoms with Crippen LogP contribution < -0.4 is 14.8 Å². The van der Waals surface area contributed by atoms with Crippen LogP contribution in [-0.4, -0.2) is 56.3 Å². The monoisotopic (exact) mass is 548 g/mol. The number of nitrogens with zero attached hydrogens (tertiary/aromatic N) is 1. The first-order valence-electron chi connectivity index (χ1n) is 12.6. The number of nitrogens with one attached hydrogen (secondary N) is 1. The van der Waals surface area contributed by atoms with Gasteiger partial charge in [-0.3, -0.25) is 19.3 Å². The van der Waals surface area contributed by atoms with Crippen LogP contribution in [0.2, 0.25) is 0 Å². The maximum Gasteiger partial charge on any atom is 0.265 e. The molecular formula is C27H33FN2O7S. The highest BCUT2D eigenvalue weighted by Crippen LogP contribution is 2.40. The molecule has 206 valence electrons. The van der Waals surface area contributed by atoms with Gasteiger partial charge in [-0.1, -0.05) is 26.8 Å². The quantitative estimate of drug-likeness (QED) is 0.393. The summed E-state index contributed by atoms with van der Waals surface area (Å²) in [6.07, 6.45) is 0.926. The molecule has 0 aromatic heterocycles. The van der Waals surface area contributed by atoms with Crippen molar-refractivity contribution in [1.82, 2.24) is 4.90 Å². The van der Waals surface area contributed by atoms with Crippen molar-refractivity contribution in [1.29, 1.82) is 0 Å². The predicted octanol–water partition coefficient (Wildman–Crippen LogP) is 4.31. The number of amides is 3. The average Bonchev–Trinajstić information content (AvgIpc) is 3.15. The van der Waals surface area contributed by atoms with Crippen molar-refractivity contribution in [2.24, 2.45) is 0 Å². The molecule has 0 spiro atoms. The summed E-state index contributed by atoms with van der Waals surface area (Å²) in [5.41, 5.74) is -0.280. The van der Waals surface area contributed by atoms with E-state index in [4.69, 9.17) is 9.47 Å². The van der Waals surface area contributed by atoms with Crippen LogP contribution in [-0.2, 0) is 21.1 Å². The summed E-state index contributed by atoms with van der Waals surface area (Å²) in [4.78, 5) is 40.6. The fraction of sp³-hybridized carbons (Fsp3) is 0.444. The van der Waals surface area contributed by atoms with Gasteiger partial charge in [-0.2, -0.15) is 0 Å². The molecule has 0 bridgehead atoms. The average molecular weight is 549 g/mol. The molecule has 9 nitrogen and oxygen atoms in total. The molecule has 3 amide bonds. The van der Waals surface area contributed by atoms with Crippen molar-refractivity contribution in [3.05, 3.63) is 52.3 Å². The van der Waals surface area contributed by atoms with Crippen molar-refractivity contribution < 1.29 is 36.7 Å². The molecular weight excluding hydrogens is 515 g/mol. The molecule has 3 rings (SSSR count). The lowest BCUT2D eigenvalue weighted by atomic mass is 10.0. The standard InChI is InChI=1S/C27H33FN2O7S/c1-6-10-22(31)29-18-13-16(7-2)25(28)24-23(18)26(32)30(27(24)33)19(15-38(34,35)9-4)17-11-12-20(36-5)21(14-17)37-8-3/h11-14,19H,6-10,15H2,1-5H3,(H,29,31)/t19-/m1/s1. The van der Waals surface area contributed by atoms with Gasteiger partial charge in [0.2, 0.25) is 5.91 Å². The number of carbonyl (C=O) groups excluding carboxylic acids is 3. The third kappa shape index (κ3) is 5.67. The number of rotatable bonds is 12.